The Labute approximate surface area is 202 Å². The van der Waals surface area contributed by atoms with Crippen LogP contribution in [0.15, 0.2) is 58.1 Å². The summed E-state index contributed by atoms with van der Waals surface area (Å²) in [4.78, 5) is 54.7. The summed E-state index contributed by atoms with van der Waals surface area (Å²) >= 11 is 0. The predicted molar refractivity (Wildman–Crippen MR) is 135 cm³/mol. The highest BCUT2D eigenvalue weighted by Crippen LogP contribution is 2.23. The number of amides is 2. The number of nitrogens with two attached hydrogens (primary N) is 1. The van der Waals surface area contributed by atoms with Crippen molar-refractivity contribution in [3.05, 3.63) is 86.1 Å². The third-order valence-corrected chi connectivity index (χ3v) is 5.46. The summed E-state index contributed by atoms with van der Waals surface area (Å²) in [7, 11) is 1.47. The molecule has 0 saturated heterocycles. The van der Waals surface area contributed by atoms with Crippen LogP contribution in [0.5, 0.6) is 0 Å². The summed E-state index contributed by atoms with van der Waals surface area (Å²) in [6, 6.07) is 13.6. The van der Waals surface area contributed by atoms with Crippen molar-refractivity contribution in [2.45, 2.75) is 26.8 Å². The van der Waals surface area contributed by atoms with E-state index in [9.17, 15) is 19.2 Å². The second kappa shape index (κ2) is 11.3. The Morgan fingerprint density at radius 2 is 1.83 bits per heavy atom. The Morgan fingerprint density at radius 3 is 2.49 bits per heavy atom. The lowest BCUT2D eigenvalue weighted by atomic mass is 10.1. The van der Waals surface area contributed by atoms with Crippen molar-refractivity contribution in [1.29, 1.82) is 0 Å². The maximum atomic E-state index is 13.6. The lowest BCUT2D eigenvalue weighted by molar-refractivity contribution is 0.0973. The highest BCUT2D eigenvalue weighted by atomic mass is 16.5. The van der Waals surface area contributed by atoms with Crippen LogP contribution in [0.1, 0.15) is 39.6 Å². The van der Waals surface area contributed by atoms with Crippen molar-refractivity contribution >= 4 is 29.0 Å². The Balaban J connectivity index is 2.02. The van der Waals surface area contributed by atoms with Crippen molar-refractivity contribution in [2.75, 3.05) is 36.2 Å². The lowest BCUT2D eigenvalue weighted by Gasteiger charge is -2.24. The number of methoxy groups -OCH3 is 1. The van der Waals surface area contributed by atoms with Gasteiger partial charge in [0.15, 0.2) is 5.69 Å². The van der Waals surface area contributed by atoms with E-state index in [4.69, 9.17) is 10.5 Å². The van der Waals surface area contributed by atoms with Crippen LogP contribution >= 0.6 is 0 Å². The van der Waals surface area contributed by atoms with E-state index in [2.05, 4.69) is 10.3 Å². The monoisotopic (exact) mass is 479 g/mol. The molecule has 0 aliphatic carbocycles. The number of benzene rings is 2. The number of carbonyl (C=O) groups is 2. The number of nitrogens with zero attached hydrogens (tertiary/aromatic N) is 2. The molecule has 0 aliphatic heterocycles. The van der Waals surface area contributed by atoms with Gasteiger partial charge in [-0.2, -0.15) is 0 Å². The molecule has 2 aromatic carbocycles. The molecule has 1 heterocycles. The number of nitrogen functional groups attached to an aromatic ring is 1. The normalized spacial score (nSPS) is 10.7. The highest BCUT2D eigenvalue weighted by molar-refractivity contribution is 6.09. The third-order valence-electron chi connectivity index (χ3n) is 5.46. The number of ether oxygens (including phenoxy) is 1. The number of aromatic amines is 1. The standard InChI is InChI=1S/C25H29N5O5/c1-4-12-30-21(26)20(23(32)28-25(30)34)29(13-14-35-3)24(33)18-11-10-16(2)19(15-18)27-22(31)17-8-6-5-7-9-17/h5-11,15H,4,12-14,26H2,1-3H3,(H,27,31)(H,28,32,34). The zero-order valence-electron chi connectivity index (χ0n) is 20.0. The molecule has 3 rings (SSSR count). The molecular weight excluding hydrogens is 450 g/mol. The summed E-state index contributed by atoms with van der Waals surface area (Å²) in [5, 5.41) is 2.83. The van der Waals surface area contributed by atoms with Crippen LogP contribution in [-0.4, -0.2) is 41.6 Å². The van der Waals surface area contributed by atoms with Crippen LogP contribution in [0.4, 0.5) is 17.2 Å². The summed E-state index contributed by atoms with van der Waals surface area (Å²) in [5.41, 5.74) is 6.56. The second-order valence-electron chi connectivity index (χ2n) is 7.94. The van der Waals surface area contributed by atoms with Gasteiger partial charge in [0.2, 0.25) is 0 Å². The highest BCUT2D eigenvalue weighted by Gasteiger charge is 2.25. The molecule has 35 heavy (non-hydrogen) atoms. The van der Waals surface area contributed by atoms with Gasteiger partial charge < -0.3 is 15.8 Å². The fourth-order valence-electron chi connectivity index (χ4n) is 3.61. The number of hydrogen-bond acceptors (Lipinski definition) is 6. The van der Waals surface area contributed by atoms with E-state index in [-0.39, 0.29) is 42.7 Å². The molecule has 0 radical (unpaired) electrons. The first-order chi connectivity index (χ1) is 16.8. The second-order valence-corrected chi connectivity index (χ2v) is 7.94. The molecule has 4 N–H and O–H groups in total. The number of aryl methyl sites for hydroxylation is 1. The van der Waals surface area contributed by atoms with Gasteiger partial charge in [-0.05, 0) is 43.2 Å². The van der Waals surface area contributed by atoms with Crippen LogP contribution in [0.2, 0.25) is 0 Å². The number of hydrogen-bond donors (Lipinski definition) is 3. The maximum Gasteiger partial charge on any atom is 0.330 e. The van der Waals surface area contributed by atoms with Crippen molar-refractivity contribution in [3.63, 3.8) is 0 Å². The van der Waals surface area contributed by atoms with Crippen LogP contribution in [-0.2, 0) is 11.3 Å². The molecular formula is C25H29N5O5. The lowest BCUT2D eigenvalue weighted by Crippen LogP contribution is -2.42. The molecule has 0 bridgehead atoms. The molecule has 1 aromatic heterocycles. The summed E-state index contributed by atoms with van der Waals surface area (Å²) in [6.45, 7) is 4.09. The van der Waals surface area contributed by atoms with Gasteiger partial charge in [-0.15, -0.1) is 0 Å². The minimum Gasteiger partial charge on any atom is -0.383 e. The molecule has 0 unspecified atom stereocenters. The van der Waals surface area contributed by atoms with Crippen molar-refractivity contribution in [3.8, 4) is 0 Å². The van der Waals surface area contributed by atoms with Crippen LogP contribution in [0.25, 0.3) is 0 Å². The smallest absolute Gasteiger partial charge is 0.330 e. The van der Waals surface area contributed by atoms with Gasteiger partial charge in [0.05, 0.1) is 6.61 Å². The number of rotatable bonds is 9. The van der Waals surface area contributed by atoms with E-state index in [0.717, 1.165) is 5.56 Å². The third kappa shape index (κ3) is 5.67. The molecule has 10 nitrogen and oxygen atoms in total. The first kappa shape index (κ1) is 25.4. The van der Waals surface area contributed by atoms with Crippen LogP contribution < -0.4 is 27.2 Å². The van der Waals surface area contributed by atoms with Gasteiger partial charge in [0.1, 0.15) is 5.82 Å². The molecule has 3 aromatic rings. The van der Waals surface area contributed by atoms with Crippen molar-refractivity contribution in [2.24, 2.45) is 0 Å². The number of aromatic nitrogens is 2. The minimum atomic E-state index is -0.769. The average Bonchev–Trinajstić information content (AvgIpc) is 2.85. The number of anilines is 3. The van der Waals surface area contributed by atoms with Gasteiger partial charge >= 0.3 is 5.69 Å². The molecule has 0 spiro atoms. The molecule has 0 saturated carbocycles. The molecule has 2 amide bonds. The van der Waals surface area contributed by atoms with Gasteiger partial charge in [0.25, 0.3) is 17.4 Å². The molecule has 0 fully saturated rings. The fourth-order valence-corrected chi connectivity index (χ4v) is 3.61. The van der Waals surface area contributed by atoms with E-state index in [0.29, 0.717) is 17.7 Å². The zero-order valence-corrected chi connectivity index (χ0v) is 20.0. The summed E-state index contributed by atoms with van der Waals surface area (Å²) in [6.07, 6.45) is 0.601. The average molecular weight is 480 g/mol. The predicted octanol–water partition coefficient (Wildman–Crippen LogP) is 2.38. The Bertz CT molecular complexity index is 1330. The zero-order chi connectivity index (χ0) is 25.5. The number of nitrogens with one attached hydrogen (secondary N) is 2. The van der Waals surface area contributed by atoms with Crippen LogP contribution in [0.3, 0.4) is 0 Å². The first-order valence-electron chi connectivity index (χ1n) is 11.2. The van der Waals surface area contributed by atoms with Crippen molar-refractivity contribution < 1.29 is 14.3 Å². The number of H-pyrrole nitrogens is 1. The van der Waals surface area contributed by atoms with E-state index in [1.165, 1.54) is 16.6 Å². The minimum absolute atomic E-state index is 0.0204. The van der Waals surface area contributed by atoms with Gasteiger partial charge in [-0.1, -0.05) is 31.2 Å². The van der Waals surface area contributed by atoms with E-state index in [1.807, 2.05) is 13.0 Å². The van der Waals surface area contributed by atoms with Gasteiger partial charge in [-0.25, -0.2) is 4.79 Å². The maximum absolute atomic E-state index is 13.6. The Kier molecular flexibility index (Phi) is 8.21. The van der Waals surface area contributed by atoms with Gasteiger partial charge in [-0.3, -0.25) is 28.8 Å². The quantitative estimate of drug-likeness (QED) is 0.431. The molecule has 184 valence electrons. The van der Waals surface area contributed by atoms with Crippen LogP contribution in [0, 0.1) is 6.92 Å². The van der Waals surface area contributed by atoms with Crippen molar-refractivity contribution in [1.82, 2.24) is 9.55 Å². The Morgan fingerprint density at radius 1 is 1.11 bits per heavy atom. The van der Waals surface area contributed by atoms with E-state index < -0.39 is 17.2 Å². The fraction of sp³-hybridized carbons (Fsp3) is 0.280. The summed E-state index contributed by atoms with van der Waals surface area (Å²) in [5.74, 6) is -0.951. The van der Waals surface area contributed by atoms with Gasteiger partial charge in [0, 0.05) is 37.0 Å². The largest absolute Gasteiger partial charge is 0.383 e. The van der Waals surface area contributed by atoms with E-state index in [1.54, 1.807) is 49.4 Å². The molecule has 0 atom stereocenters. The number of carbonyl (C=O) groups excluding carboxylic acids is 2. The topological polar surface area (TPSA) is 140 Å². The summed E-state index contributed by atoms with van der Waals surface area (Å²) < 4.78 is 6.36. The molecule has 0 aliphatic rings. The van der Waals surface area contributed by atoms with E-state index >= 15 is 0 Å². The SMILES string of the molecule is CCCn1c(N)c(N(CCOC)C(=O)c2ccc(C)c(NC(=O)c3ccccc3)c2)c(=O)[nH]c1=O. The Hall–Kier alpha value is -4.18. The first-order valence-corrected chi connectivity index (χ1v) is 11.2. The molecule has 10 heteroatoms.